The van der Waals surface area contributed by atoms with E-state index in [0.717, 1.165) is 12.2 Å². The molecule has 0 aliphatic heterocycles. The Labute approximate surface area is 105 Å². The Morgan fingerprint density at radius 2 is 1.71 bits per heavy atom. The van der Waals surface area contributed by atoms with Gasteiger partial charge in [0.15, 0.2) is 0 Å². The second-order valence-corrected chi connectivity index (χ2v) is 5.16. The molecule has 0 saturated heterocycles. The summed E-state index contributed by atoms with van der Waals surface area (Å²) < 4.78 is 5.40. The number of benzene rings is 1. The lowest BCUT2D eigenvalue weighted by Crippen LogP contribution is -2.18. The standard InChI is InChI=1S/C15H25NO/c1-10(2)7-14(16-5)13-8-11(3)15(17-6)12(4)9-13/h8-10,14,16H,7H2,1-6H3. The molecule has 0 fully saturated rings. The Balaban J connectivity index is 3.05. The van der Waals surface area contributed by atoms with Crippen molar-refractivity contribution in [2.75, 3.05) is 14.2 Å². The van der Waals surface area contributed by atoms with E-state index in [1.54, 1.807) is 7.11 Å². The molecule has 0 aliphatic carbocycles. The summed E-state index contributed by atoms with van der Waals surface area (Å²) in [5, 5.41) is 3.40. The molecule has 0 aromatic heterocycles. The third kappa shape index (κ3) is 3.47. The molecule has 1 atom stereocenters. The highest BCUT2D eigenvalue weighted by Crippen LogP contribution is 2.29. The zero-order valence-electron chi connectivity index (χ0n) is 11.9. The molecular weight excluding hydrogens is 210 g/mol. The van der Waals surface area contributed by atoms with E-state index >= 15 is 0 Å². The molecule has 17 heavy (non-hydrogen) atoms. The number of methoxy groups -OCH3 is 1. The van der Waals surface area contributed by atoms with E-state index in [2.05, 4.69) is 45.1 Å². The van der Waals surface area contributed by atoms with E-state index in [1.165, 1.54) is 16.7 Å². The molecule has 2 heteroatoms. The third-order valence-corrected chi connectivity index (χ3v) is 3.14. The molecule has 0 bridgehead atoms. The molecule has 0 heterocycles. The van der Waals surface area contributed by atoms with Crippen molar-refractivity contribution < 1.29 is 4.74 Å². The van der Waals surface area contributed by atoms with Gasteiger partial charge in [0.25, 0.3) is 0 Å². The van der Waals surface area contributed by atoms with Gasteiger partial charge in [-0.3, -0.25) is 0 Å². The number of aryl methyl sites for hydroxylation is 2. The average Bonchev–Trinajstić information content (AvgIpc) is 2.25. The zero-order chi connectivity index (χ0) is 13.0. The second kappa shape index (κ2) is 6.06. The van der Waals surface area contributed by atoms with Crippen LogP contribution in [0.1, 0.15) is 43.0 Å². The fourth-order valence-electron chi connectivity index (χ4n) is 2.40. The summed E-state index contributed by atoms with van der Waals surface area (Å²) in [5.74, 6) is 1.70. The van der Waals surface area contributed by atoms with Crippen LogP contribution in [-0.4, -0.2) is 14.2 Å². The first-order valence-electron chi connectivity index (χ1n) is 6.32. The SMILES string of the molecule is CNC(CC(C)C)c1cc(C)c(OC)c(C)c1. The number of nitrogens with one attached hydrogen (secondary N) is 1. The largest absolute Gasteiger partial charge is 0.496 e. The van der Waals surface area contributed by atoms with Crippen LogP contribution in [0.3, 0.4) is 0 Å². The summed E-state index contributed by atoms with van der Waals surface area (Å²) in [6, 6.07) is 4.89. The summed E-state index contributed by atoms with van der Waals surface area (Å²) in [7, 11) is 3.76. The summed E-state index contributed by atoms with van der Waals surface area (Å²) >= 11 is 0. The lowest BCUT2D eigenvalue weighted by Gasteiger charge is -2.21. The van der Waals surface area contributed by atoms with Gasteiger partial charge in [0.2, 0.25) is 0 Å². The predicted octanol–water partition coefficient (Wildman–Crippen LogP) is 3.62. The van der Waals surface area contributed by atoms with Gasteiger partial charge in [-0.15, -0.1) is 0 Å². The van der Waals surface area contributed by atoms with Crippen LogP contribution in [0, 0.1) is 19.8 Å². The molecule has 1 rings (SSSR count). The van der Waals surface area contributed by atoms with Crippen molar-refractivity contribution in [2.24, 2.45) is 5.92 Å². The second-order valence-electron chi connectivity index (χ2n) is 5.16. The van der Waals surface area contributed by atoms with E-state index in [0.29, 0.717) is 12.0 Å². The minimum absolute atomic E-state index is 0.429. The van der Waals surface area contributed by atoms with Crippen molar-refractivity contribution in [1.82, 2.24) is 5.32 Å². The van der Waals surface area contributed by atoms with Crippen molar-refractivity contribution in [3.05, 3.63) is 28.8 Å². The average molecular weight is 235 g/mol. The zero-order valence-corrected chi connectivity index (χ0v) is 11.9. The molecule has 1 N–H and O–H groups in total. The molecule has 0 radical (unpaired) electrons. The Morgan fingerprint density at radius 1 is 1.18 bits per heavy atom. The third-order valence-electron chi connectivity index (χ3n) is 3.14. The molecule has 0 spiro atoms. The Kier molecular flexibility index (Phi) is 5.01. The molecule has 2 nitrogen and oxygen atoms in total. The molecule has 1 unspecified atom stereocenters. The van der Waals surface area contributed by atoms with Crippen LogP contribution in [0.4, 0.5) is 0 Å². The van der Waals surface area contributed by atoms with Gasteiger partial charge >= 0.3 is 0 Å². The van der Waals surface area contributed by atoms with E-state index in [4.69, 9.17) is 4.74 Å². The van der Waals surface area contributed by atoms with Gasteiger partial charge in [-0.25, -0.2) is 0 Å². The van der Waals surface area contributed by atoms with Gasteiger partial charge in [0.05, 0.1) is 7.11 Å². The molecule has 0 amide bonds. The van der Waals surface area contributed by atoms with Crippen LogP contribution in [0.15, 0.2) is 12.1 Å². The minimum Gasteiger partial charge on any atom is -0.496 e. The van der Waals surface area contributed by atoms with Gasteiger partial charge in [0, 0.05) is 6.04 Å². The predicted molar refractivity (Wildman–Crippen MR) is 73.7 cm³/mol. The van der Waals surface area contributed by atoms with E-state index in [1.807, 2.05) is 7.05 Å². The van der Waals surface area contributed by atoms with Crippen molar-refractivity contribution in [1.29, 1.82) is 0 Å². The summed E-state index contributed by atoms with van der Waals surface area (Å²) in [6.07, 6.45) is 1.15. The highest BCUT2D eigenvalue weighted by Gasteiger charge is 2.14. The fourth-order valence-corrected chi connectivity index (χ4v) is 2.40. The van der Waals surface area contributed by atoms with Gasteiger partial charge in [-0.2, -0.15) is 0 Å². The highest BCUT2D eigenvalue weighted by atomic mass is 16.5. The van der Waals surface area contributed by atoms with E-state index < -0.39 is 0 Å². The molecule has 0 saturated carbocycles. The lowest BCUT2D eigenvalue weighted by atomic mass is 9.94. The monoisotopic (exact) mass is 235 g/mol. The van der Waals surface area contributed by atoms with Crippen LogP contribution < -0.4 is 10.1 Å². The maximum Gasteiger partial charge on any atom is 0.124 e. The van der Waals surface area contributed by atoms with Gasteiger partial charge < -0.3 is 10.1 Å². The Morgan fingerprint density at radius 3 is 2.06 bits per heavy atom. The van der Waals surface area contributed by atoms with Gasteiger partial charge in [-0.05, 0) is 49.9 Å². The fraction of sp³-hybridized carbons (Fsp3) is 0.600. The summed E-state index contributed by atoms with van der Waals surface area (Å²) in [5.41, 5.74) is 3.79. The Bertz CT molecular complexity index is 348. The summed E-state index contributed by atoms with van der Waals surface area (Å²) in [4.78, 5) is 0. The Hall–Kier alpha value is -1.02. The molecular formula is C15H25NO. The number of ether oxygens (including phenoxy) is 1. The first-order valence-corrected chi connectivity index (χ1v) is 6.32. The first kappa shape index (κ1) is 14.0. The molecule has 96 valence electrons. The van der Waals surface area contributed by atoms with Gasteiger partial charge in [-0.1, -0.05) is 26.0 Å². The lowest BCUT2D eigenvalue weighted by molar-refractivity contribution is 0.407. The number of hydrogen-bond acceptors (Lipinski definition) is 2. The smallest absolute Gasteiger partial charge is 0.124 e. The topological polar surface area (TPSA) is 21.3 Å². The first-order chi connectivity index (χ1) is 7.99. The quantitative estimate of drug-likeness (QED) is 0.841. The van der Waals surface area contributed by atoms with Crippen molar-refractivity contribution in [3.63, 3.8) is 0 Å². The normalized spacial score (nSPS) is 12.9. The maximum absolute atomic E-state index is 5.40. The van der Waals surface area contributed by atoms with E-state index in [9.17, 15) is 0 Å². The van der Waals surface area contributed by atoms with Crippen molar-refractivity contribution >= 4 is 0 Å². The number of hydrogen-bond donors (Lipinski definition) is 1. The molecule has 0 aliphatic rings. The highest BCUT2D eigenvalue weighted by molar-refractivity contribution is 5.44. The van der Waals surface area contributed by atoms with Crippen molar-refractivity contribution in [2.45, 2.75) is 40.2 Å². The van der Waals surface area contributed by atoms with Crippen molar-refractivity contribution in [3.8, 4) is 5.75 Å². The van der Waals surface area contributed by atoms with Crippen LogP contribution in [0.2, 0.25) is 0 Å². The van der Waals surface area contributed by atoms with E-state index in [-0.39, 0.29) is 0 Å². The minimum atomic E-state index is 0.429. The summed E-state index contributed by atoms with van der Waals surface area (Å²) in [6.45, 7) is 8.73. The van der Waals surface area contributed by atoms with Crippen LogP contribution in [-0.2, 0) is 0 Å². The van der Waals surface area contributed by atoms with Crippen LogP contribution in [0.25, 0.3) is 0 Å². The van der Waals surface area contributed by atoms with Gasteiger partial charge in [0.1, 0.15) is 5.75 Å². The van der Waals surface area contributed by atoms with Crippen LogP contribution in [0.5, 0.6) is 5.75 Å². The maximum atomic E-state index is 5.40. The molecule has 1 aromatic rings. The number of rotatable bonds is 5. The molecule has 1 aromatic carbocycles. The van der Waals surface area contributed by atoms with Crippen LogP contribution >= 0.6 is 0 Å².